The van der Waals surface area contributed by atoms with Crippen LogP contribution >= 0.6 is 0 Å². The van der Waals surface area contributed by atoms with E-state index >= 15 is 0 Å². The first-order valence-electron chi connectivity index (χ1n) is 5.94. The van der Waals surface area contributed by atoms with Crippen LogP contribution in [-0.2, 0) is 11.2 Å². The third-order valence-corrected chi connectivity index (χ3v) is 2.98. The fourth-order valence-electron chi connectivity index (χ4n) is 1.81. The molecular weight excluding hydrogens is 200 g/mol. The van der Waals surface area contributed by atoms with E-state index in [1.165, 1.54) is 11.1 Å². The van der Waals surface area contributed by atoms with Crippen molar-refractivity contribution >= 4 is 5.97 Å². The lowest BCUT2D eigenvalue weighted by Gasteiger charge is -2.11. The maximum Gasteiger partial charge on any atom is 0.303 e. The molecule has 2 nitrogen and oxygen atoms in total. The molecule has 1 rings (SSSR count). The van der Waals surface area contributed by atoms with E-state index in [1.807, 2.05) is 0 Å². The summed E-state index contributed by atoms with van der Waals surface area (Å²) in [5.74, 6) is -0.251. The van der Waals surface area contributed by atoms with E-state index < -0.39 is 5.97 Å². The molecule has 0 heterocycles. The highest BCUT2D eigenvalue weighted by Gasteiger charge is 2.06. The van der Waals surface area contributed by atoms with Crippen molar-refractivity contribution in [3.8, 4) is 0 Å². The molecule has 1 N–H and O–H groups in total. The molecule has 0 fully saturated rings. The first kappa shape index (κ1) is 12.8. The Morgan fingerprint density at radius 1 is 1.31 bits per heavy atom. The van der Waals surface area contributed by atoms with Crippen LogP contribution in [0.2, 0.25) is 0 Å². The molecule has 1 unspecified atom stereocenters. The number of carboxylic acid groups (broad SMARTS) is 1. The minimum Gasteiger partial charge on any atom is -0.481 e. The summed E-state index contributed by atoms with van der Waals surface area (Å²) in [4.78, 5) is 10.4. The molecule has 0 amide bonds. The molecule has 1 aromatic rings. The van der Waals surface area contributed by atoms with Gasteiger partial charge < -0.3 is 5.11 Å². The minimum atomic E-state index is -0.700. The summed E-state index contributed by atoms with van der Waals surface area (Å²) in [6.07, 6.45) is 3.04. The average molecular weight is 220 g/mol. The molecule has 88 valence electrons. The lowest BCUT2D eigenvalue weighted by molar-refractivity contribution is -0.137. The predicted molar refractivity (Wildman–Crippen MR) is 65.7 cm³/mol. The van der Waals surface area contributed by atoms with Crippen LogP contribution in [0, 0.1) is 0 Å². The number of aryl methyl sites for hydroxylation is 1. The largest absolute Gasteiger partial charge is 0.481 e. The number of rotatable bonds is 6. The number of hydrogen-bond donors (Lipinski definition) is 1. The molecule has 0 aliphatic carbocycles. The molecule has 0 spiro atoms. The van der Waals surface area contributed by atoms with Gasteiger partial charge in [0.1, 0.15) is 0 Å². The van der Waals surface area contributed by atoms with Gasteiger partial charge in [-0.3, -0.25) is 4.79 Å². The Balaban J connectivity index is 2.45. The Hall–Kier alpha value is -1.31. The third-order valence-electron chi connectivity index (χ3n) is 2.98. The van der Waals surface area contributed by atoms with Crippen molar-refractivity contribution in [1.29, 1.82) is 0 Å². The van der Waals surface area contributed by atoms with E-state index in [4.69, 9.17) is 5.11 Å². The summed E-state index contributed by atoms with van der Waals surface area (Å²) in [6, 6.07) is 8.63. The Morgan fingerprint density at radius 3 is 2.44 bits per heavy atom. The molecular formula is C14H20O2. The fourth-order valence-corrected chi connectivity index (χ4v) is 1.81. The third kappa shape index (κ3) is 4.05. The zero-order valence-corrected chi connectivity index (χ0v) is 10.1. The smallest absolute Gasteiger partial charge is 0.303 e. The number of carbonyl (C=O) groups is 1. The van der Waals surface area contributed by atoms with Gasteiger partial charge in [-0.05, 0) is 36.3 Å². The quantitative estimate of drug-likeness (QED) is 0.795. The van der Waals surface area contributed by atoms with Crippen LogP contribution < -0.4 is 0 Å². The Labute approximate surface area is 97.3 Å². The second-order valence-electron chi connectivity index (χ2n) is 4.28. The summed E-state index contributed by atoms with van der Waals surface area (Å²) in [5.41, 5.74) is 2.66. The highest BCUT2D eigenvalue weighted by Crippen LogP contribution is 2.21. The number of benzene rings is 1. The van der Waals surface area contributed by atoms with Crippen LogP contribution in [0.5, 0.6) is 0 Å². The van der Waals surface area contributed by atoms with Crippen LogP contribution in [-0.4, -0.2) is 11.1 Å². The molecule has 0 saturated heterocycles. The second-order valence-corrected chi connectivity index (χ2v) is 4.28. The fraction of sp³-hybridized carbons (Fsp3) is 0.500. The molecule has 16 heavy (non-hydrogen) atoms. The van der Waals surface area contributed by atoms with Crippen molar-refractivity contribution < 1.29 is 9.90 Å². The summed E-state index contributed by atoms with van der Waals surface area (Å²) >= 11 is 0. The summed E-state index contributed by atoms with van der Waals surface area (Å²) in [5, 5.41) is 8.57. The zero-order chi connectivity index (χ0) is 12.0. The lowest BCUT2D eigenvalue weighted by atomic mass is 9.94. The van der Waals surface area contributed by atoms with Gasteiger partial charge in [0.05, 0.1) is 0 Å². The topological polar surface area (TPSA) is 37.3 Å². The van der Waals surface area contributed by atoms with E-state index in [1.54, 1.807) is 0 Å². The first-order valence-corrected chi connectivity index (χ1v) is 5.94. The van der Waals surface area contributed by atoms with E-state index in [0.29, 0.717) is 5.92 Å². The van der Waals surface area contributed by atoms with Crippen LogP contribution in [0.4, 0.5) is 0 Å². The minimum absolute atomic E-state index is 0.275. The molecule has 0 aromatic heterocycles. The normalized spacial score (nSPS) is 12.4. The molecule has 1 aromatic carbocycles. The van der Waals surface area contributed by atoms with Gasteiger partial charge in [0, 0.05) is 6.42 Å². The van der Waals surface area contributed by atoms with Crippen molar-refractivity contribution in [3.63, 3.8) is 0 Å². The number of carboxylic acids is 1. The van der Waals surface area contributed by atoms with Gasteiger partial charge in [-0.1, -0.05) is 38.1 Å². The molecule has 0 radical (unpaired) electrons. The van der Waals surface area contributed by atoms with Crippen LogP contribution in [0.15, 0.2) is 24.3 Å². The molecule has 1 atom stereocenters. The van der Waals surface area contributed by atoms with Crippen molar-refractivity contribution in [2.45, 2.75) is 45.4 Å². The van der Waals surface area contributed by atoms with E-state index in [0.717, 1.165) is 19.3 Å². The molecule has 2 heteroatoms. The van der Waals surface area contributed by atoms with Crippen LogP contribution in [0.1, 0.15) is 50.2 Å². The average Bonchev–Trinajstić information content (AvgIpc) is 2.28. The Morgan fingerprint density at radius 2 is 1.94 bits per heavy atom. The summed E-state index contributed by atoms with van der Waals surface area (Å²) < 4.78 is 0. The van der Waals surface area contributed by atoms with Crippen molar-refractivity contribution in [1.82, 2.24) is 0 Å². The molecule has 0 aliphatic heterocycles. The predicted octanol–water partition coefficient (Wildman–Crippen LogP) is 3.61. The SMILES string of the molecule is CCc1ccc(C(C)CCCC(=O)O)cc1. The summed E-state index contributed by atoms with van der Waals surface area (Å²) in [7, 11) is 0. The van der Waals surface area contributed by atoms with Gasteiger partial charge in [-0.25, -0.2) is 0 Å². The first-order chi connectivity index (χ1) is 7.63. The Kier molecular flexibility index (Phi) is 5.03. The highest BCUT2D eigenvalue weighted by molar-refractivity contribution is 5.66. The van der Waals surface area contributed by atoms with Gasteiger partial charge in [-0.2, -0.15) is 0 Å². The number of hydrogen-bond acceptors (Lipinski definition) is 1. The molecule has 0 saturated carbocycles. The molecule has 0 bridgehead atoms. The maximum absolute atomic E-state index is 10.4. The lowest BCUT2D eigenvalue weighted by Crippen LogP contribution is -1.98. The Bertz CT molecular complexity index is 327. The zero-order valence-electron chi connectivity index (χ0n) is 10.1. The number of aliphatic carboxylic acids is 1. The van der Waals surface area contributed by atoms with Gasteiger partial charge >= 0.3 is 5.97 Å². The van der Waals surface area contributed by atoms with Gasteiger partial charge in [0.15, 0.2) is 0 Å². The van der Waals surface area contributed by atoms with Gasteiger partial charge in [-0.15, -0.1) is 0 Å². The standard InChI is InChI=1S/C14H20O2/c1-3-12-7-9-13(10-8-12)11(2)5-4-6-14(15)16/h7-11H,3-6H2,1-2H3,(H,15,16). The van der Waals surface area contributed by atoms with E-state index in [2.05, 4.69) is 38.1 Å². The van der Waals surface area contributed by atoms with Gasteiger partial charge in [0.2, 0.25) is 0 Å². The van der Waals surface area contributed by atoms with Crippen LogP contribution in [0.3, 0.4) is 0 Å². The monoisotopic (exact) mass is 220 g/mol. The van der Waals surface area contributed by atoms with E-state index in [-0.39, 0.29) is 6.42 Å². The van der Waals surface area contributed by atoms with Crippen LogP contribution in [0.25, 0.3) is 0 Å². The van der Waals surface area contributed by atoms with Gasteiger partial charge in [0.25, 0.3) is 0 Å². The highest BCUT2D eigenvalue weighted by atomic mass is 16.4. The molecule has 0 aliphatic rings. The van der Waals surface area contributed by atoms with Crippen molar-refractivity contribution in [2.24, 2.45) is 0 Å². The van der Waals surface area contributed by atoms with Crippen molar-refractivity contribution in [2.75, 3.05) is 0 Å². The summed E-state index contributed by atoms with van der Waals surface area (Å²) in [6.45, 7) is 4.30. The second kappa shape index (κ2) is 6.31. The maximum atomic E-state index is 10.4. The van der Waals surface area contributed by atoms with E-state index in [9.17, 15) is 4.79 Å². The van der Waals surface area contributed by atoms with Crippen molar-refractivity contribution in [3.05, 3.63) is 35.4 Å².